The Labute approximate surface area is 166 Å². The molecule has 1 aromatic carbocycles. The van der Waals surface area contributed by atoms with Gasteiger partial charge in [0.15, 0.2) is 0 Å². The van der Waals surface area contributed by atoms with Gasteiger partial charge in [-0.25, -0.2) is 8.42 Å². The quantitative estimate of drug-likeness (QED) is 0.765. The molecular formula is C20H27N3O4S. The molecule has 1 saturated heterocycles. The number of carbonyl (C=O) groups excluding carboxylic acids is 1. The SMILES string of the molecule is COc1ccc(C)cc1CCNC(=O)c1cc(S(=O)(=O)N2CCCC2)cn1C. The lowest BCUT2D eigenvalue weighted by molar-refractivity contribution is 0.0946. The van der Waals surface area contributed by atoms with Crippen molar-refractivity contribution in [3.05, 3.63) is 47.3 Å². The van der Waals surface area contributed by atoms with Crippen molar-refractivity contribution in [3.8, 4) is 5.75 Å². The zero-order valence-corrected chi connectivity index (χ0v) is 17.4. The second-order valence-corrected chi connectivity index (χ2v) is 9.04. The van der Waals surface area contributed by atoms with E-state index in [2.05, 4.69) is 5.32 Å². The van der Waals surface area contributed by atoms with Crippen LogP contribution < -0.4 is 10.1 Å². The van der Waals surface area contributed by atoms with Gasteiger partial charge in [-0.05, 0) is 43.9 Å². The maximum absolute atomic E-state index is 12.7. The summed E-state index contributed by atoms with van der Waals surface area (Å²) in [6.45, 7) is 3.51. The van der Waals surface area contributed by atoms with Gasteiger partial charge in [0, 0.05) is 32.9 Å². The van der Waals surface area contributed by atoms with E-state index in [9.17, 15) is 13.2 Å². The minimum atomic E-state index is -3.54. The molecule has 152 valence electrons. The molecule has 1 N–H and O–H groups in total. The molecule has 0 radical (unpaired) electrons. The molecule has 0 unspecified atom stereocenters. The van der Waals surface area contributed by atoms with Crippen LogP contribution in [0.5, 0.6) is 5.75 Å². The molecule has 8 heteroatoms. The van der Waals surface area contributed by atoms with E-state index in [1.165, 1.54) is 16.6 Å². The first-order chi connectivity index (χ1) is 13.3. The first-order valence-corrected chi connectivity index (χ1v) is 10.8. The van der Waals surface area contributed by atoms with Crippen LogP contribution in [0.15, 0.2) is 35.4 Å². The van der Waals surface area contributed by atoms with Gasteiger partial charge in [-0.3, -0.25) is 4.79 Å². The molecule has 1 fully saturated rings. The molecule has 1 aromatic heterocycles. The van der Waals surface area contributed by atoms with Crippen molar-refractivity contribution in [2.75, 3.05) is 26.7 Å². The van der Waals surface area contributed by atoms with Crippen molar-refractivity contribution >= 4 is 15.9 Å². The van der Waals surface area contributed by atoms with Gasteiger partial charge >= 0.3 is 0 Å². The largest absolute Gasteiger partial charge is 0.496 e. The molecule has 0 atom stereocenters. The number of aryl methyl sites for hydroxylation is 2. The van der Waals surface area contributed by atoms with Crippen LogP contribution in [0.1, 0.15) is 34.5 Å². The van der Waals surface area contributed by atoms with Crippen molar-refractivity contribution in [2.24, 2.45) is 7.05 Å². The second kappa shape index (κ2) is 8.36. The lowest BCUT2D eigenvalue weighted by Gasteiger charge is -2.13. The van der Waals surface area contributed by atoms with Gasteiger partial charge in [0.25, 0.3) is 5.91 Å². The third-order valence-electron chi connectivity index (χ3n) is 5.03. The maximum atomic E-state index is 12.7. The minimum Gasteiger partial charge on any atom is -0.496 e. The Morgan fingerprint density at radius 3 is 2.61 bits per heavy atom. The van der Waals surface area contributed by atoms with Gasteiger partial charge in [-0.15, -0.1) is 0 Å². The van der Waals surface area contributed by atoms with Crippen molar-refractivity contribution in [1.29, 1.82) is 0 Å². The van der Waals surface area contributed by atoms with Crippen LogP contribution in [0.4, 0.5) is 0 Å². The van der Waals surface area contributed by atoms with Crippen LogP contribution in [0.3, 0.4) is 0 Å². The summed E-state index contributed by atoms with van der Waals surface area (Å²) in [7, 11) is -0.229. The number of nitrogens with one attached hydrogen (secondary N) is 1. The van der Waals surface area contributed by atoms with Crippen molar-refractivity contribution in [3.63, 3.8) is 0 Å². The monoisotopic (exact) mass is 405 g/mol. The summed E-state index contributed by atoms with van der Waals surface area (Å²) >= 11 is 0. The van der Waals surface area contributed by atoms with Crippen molar-refractivity contribution in [2.45, 2.75) is 31.1 Å². The van der Waals surface area contributed by atoms with Gasteiger partial charge < -0.3 is 14.6 Å². The van der Waals surface area contributed by atoms with E-state index in [0.29, 0.717) is 31.7 Å². The van der Waals surface area contributed by atoms with E-state index in [0.717, 1.165) is 29.7 Å². The number of hydrogen-bond acceptors (Lipinski definition) is 4. The normalized spacial score (nSPS) is 15.0. The zero-order valence-electron chi connectivity index (χ0n) is 16.6. The summed E-state index contributed by atoms with van der Waals surface area (Å²) in [6.07, 6.45) is 3.88. The van der Waals surface area contributed by atoms with Crippen molar-refractivity contribution < 1.29 is 17.9 Å². The number of nitrogens with zero attached hydrogens (tertiary/aromatic N) is 2. The molecular weight excluding hydrogens is 378 g/mol. The smallest absolute Gasteiger partial charge is 0.267 e. The Balaban J connectivity index is 1.67. The summed E-state index contributed by atoms with van der Waals surface area (Å²) < 4.78 is 33.8. The van der Waals surface area contributed by atoms with E-state index in [4.69, 9.17) is 4.74 Å². The molecule has 0 aliphatic carbocycles. The Hall–Kier alpha value is -2.32. The number of rotatable bonds is 7. The highest BCUT2D eigenvalue weighted by atomic mass is 32.2. The topological polar surface area (TPSA) is 80.6 Å². The van der Waals surface area contributed by atoms with E-state index < -0.39 is 10.0 Å². The Morgan fingerprint density at radius 2 is 1.93 bits per heavy atom. The predicted molar refractivity (Wildman–Crippen MR) is 107 cm³/mol. The Morgan fingerprint density at radius 1 is 1.21 bits per heavy atom. The second-order valence-electron chi connectivity index (χ2n) is 7.10. The lowest BCUT2D eigenvalue weighted by atomic mass is 10.1. The van der Waals surface area contributed by atoms with Gasteiger partial charge in [-0.1, -0.05) is 17.7 Å². The highest BCUT2D eigenvalue weighted by Crippen LogP contribution is 2.23. The van der Waals surface area contributed by atoms with Gasteiger partial charge in [0.1, 0.15) is 16.3 Å². The molecule has 3 rings (SSSR count). The zero-order chi connectivity index (χ0) is 20.3. The molecule has 28 heavy (non-hydrogen) atoms. The number of hydrogen-bond donors (Lipinski definition) is 1. The first kappa shape index (κ1) is 20.4. The summed E-state index contributed by atoms with van der Waals surface area (Å²) in [5.41, 5.74) is 2.47. The molecule has 1 aliphatic heterocycles. The minimum absolute atomic E-state index is 0.169. The van der Waals surface area contributed by atoms with Crippen LogP contribution >= 0.6 is 0 Å². The van der Waals surface area contributed by atoms with Crippen molar-refractivity contribution in [1.82, 2.24) is 14.2 Å². The fourth-order valence-corrected chi connectivity index (χ4v) is 5.07. The molecule has 0 saturated carbocycles. The van der Waals surface area contributed by atoms with Crippen LogP contribution in [-0.2, 0) is 23.5 Å². The Bertz CT molecular complexity index is 960. The van der Waals surface area contributed by atoms with Crippen LogP contribution in [0.2, 0.25) is 0 Å². The lowest BCUT2D eigenvalue weighted by Crippen LogP contribution is -2.28. The van der Waals surface area contributed by atoms with Crippen LogP contribution in [-0.4, -0.2) is 49.9 Å². The predicted octanol–water partition coefficient (Wildman–Crippen LogP) is 2.10. The molecule has 0 spiro atoms. The van der Waals surface area contributed by atoms with Gasteiger partial charge in [-0.2, -0.15) is 4.31 Å². The highest BCUT2D eigenvalue weighted by Gasteiger charge is 2.29. The maximum Gasteiger partial charge on any atom is 0.267 e. The number of amides is 1. The molecule has 1 amide bonds. The van der Waals surface area contributed by atoms with Crippen LogP contribution in [0, 0.1) is 6.92 Å². The number of aromatic nitrogens is 1. The van der Waals surface area contributed by atoms with E-state index in [1.54, 1.807) is 18.7 Å². The fourth-order valence-electron chi connectivity index (χ4n) is 3.48. The summed E-state index contributed by atoms with van der Waals surface area (Å²) in [6, 6.07) is 7.39. The van der Waals surface area contributed by atoms with Crippen LogP contribution in [0.25, 0.3) is 0 Å². The summed E-state index contributed by atoms with van der Waals surface area (Å²) in [5, 5.41) is 2.87. The number of carbonyl (C=O) groups is 1. The van der Waals surface area contributed by atoms with Gasteiger partial charge in [0.05, 0.1) is 7.11 Å². The third-order valence-corrected chi connectivity index (χ3v) is 6.90. The molecule has 0 bridgehead atoms. The average Bonchev–Trinajstić information content (AvgIpc) is 3.32. The highest BCUT2D eigenvalue weighted by molar-refractivity contribution is 7.89. The van der Waals surface area contributed by atoms with E-state index >= 15 is 0 Å². The molecule has 1 aliphatic rings. The number of methoxy groups -OCH3 is 1. The molecule has 7 nitrogen and oxygen atoms in total. The average molecular weight is 406 g/mol. The number of ether oxygens (including phenoxy) is 1. The fraction of sp³-hybridized carbons (Fsp3) is 0.450. The third kappa shape index (κ3) is 4.23. The standard InChI is InChI=1S/C20H27N3O4S/c1-15-6-7-19(27-3)16(12-15)8-9-21-20(24)18-13-17(14-22(18)2)28(25,26)23-10-4-5-11-23/h6-7,12-14H,4-5,8-11H2,1-3H3,(H,21,24). The van der Waals surface area contributed by atoms with Gasteiger partial charge in [0.2, 0.25) is 10.0 Å². The van der Waals surface area contributed by atoms with E-state index in [1.807, 2.05) is 25.1 Å². The van der Waals surface area contributed by atoms with E-state index in [-0.39, 0.29) is 10.8 Å². The first-order valence-electron chi connectivity index (χ1n) is 9.41. The number of benzene rings is 1. The Kier molecular flexibility index (Phi) is 6.10. The summed E-state index contributed by atoms with van der Waals surface area (Å²) in [4.78, 5) is 12.7. The molecule has 2 heterocycles. The molecule has 2 aromatic rings. The number of sulfonamides is 1. The summed E-state index contributed by atoms with van der Waals surface area (Å²) in [5.74, 6) is 0.495.